The first-order valence-corrected chi connectivity index (χ1v) is 22.7. The number of fused-ring (bicyclic) bond motifs is 4. The molecule has 0 atom stereocenters. The van der Waals surface area contributed by atoms with Crippen LogP contribution in [0.4, 0.5) is 17.1 Å². The topological polar surface area (TPSA) is 8.17 Å². The summed E-state index contributed by atoms with van der Waals surface area (Å²) in [6.45, 7) is 0. The number of nitrogens with zero attached hydrogens (tertiary/aromatic N) is 2. The second-order valence-corrected chi connectivity index (χ2v) is 17.0. The Bertz CT molecular complexity index is 3590. The fraction of sp³-hybridized carbons (Fsp3) is 0. The van der Waals surface area contributed by atoms with Crippen LogP contribution in [0.15, 0.2) is 267 Å². The van der Waals surface area contributed by atoms with Gasteiger partial charge in [0.1, 0.15) is 0 Å². The van der Waals surface area contributed by atoms with Crippen molar-refractivity contribution in [1.29, 1.82) is 0 Å². The van der Waals surface area contributed by atoms with Crippen LogP contribution >= 0.6 is 0 Å². The standard InChI is InChI=1S/C64H44N2/c1-5-17-45(18-6-1)48-31-35-57(36-32-48)65(58-37-33-49(34-38-58)55-40-53(46-19-7-2-8-20-46)39-54(41-55)47-21-9-3-10-22-47)59-28-15-25-52(42-59)60-29-16-30-62-64(60)61-43-50-23-13-14-24-51(50)44-63(61)66(62)56-26-11-4-12-27-56/h1-44H. The Kier molecular flexibility index (Phi) is 9.89. The number of benzene rings is 11. The highest BCUT2D eigenvalue weighted by molar-refractivity contribution is 6.18. The van der Waals surface area contributed by atoms with Crippen LogP contribution in [-0.2, 0) is 0 Å². The highest BCUT2D eigenvalue weighted by Gasteiger charge is 2.20. The molecule has 0 aliphatic carbocycles. The molecular formula is C64H44N2. The fourth-order valence-electron chi connectivity index (χ4n) is 9.73. The van der Waals surface area contributed by atoms with Gasteiger partial charge < -0.3 is 9.47 Å². The molecule has 2 nitrogen and oxygen atoms in total. The molecular weight excluding hydrogens is 797 g/mol. The monoisotopic (exact) mass is 840 g/mol. The average molecular weight is 841 g/mol. The number of rotatable bonds is 9. The van der Waals surface area contributed by atoms with Crippen molar-refractivity contribution >= 4 is 49.6 Å². The van der Waals surface area contributed by atoms with Gasteiger partial charge in [-0.05, 0) is 151 Å². The van der Waals surface area contributed by atoms with Crippen LogP contribution in [0.25, 0.3) is 93.9 Å². The van der Waals surface area contributed by atoms with Crippen molar-refractivity contribution in [1.82, 2.24) is 4.57 Å². The van der Waals surface area contributed by atoms with Gasteiger partial charge in [0.2, 0.25) is 0 Å². The van der Waals surface area contributed by atoms with Gasteiger partial charge in [0.05, 0.1) is 11.0 Å². The molecule has 11 aromatic carbocycles. The molecule has 0 fully saturated rings. The summed E-state index contributed by atoms with van der Waals surface area (Å²) in [5, 5.41) is 4.95. The lowest BCUT2D eigenvalue weighted by Gasteiger charge is -2.26. The van der Waals surface area contributed by atoms with Crippen molar-refractivity contribution in [3.05, 3.63) is 267 Å². The molecule has 12 rings (SSSR count). The Balaban J connectivity index is 1.00. The molecule has 0 N–H and O–H groups in total. The fourth-order valence-corrected chi connectivity index (χ4v) is 9.73. The van der Waals surface area contributed by atoms with E-state index >= 15 is 0 Å². The molecule has 0 aliphatic rings. The maximum absolute atomic E-state index is 2.42. The molecule has 0 saturated heterocycles. The first-order chi connectivity index (χ1) is 32.7. The largest absolute Gasteiger partial charge is 0.310 e. The number of para-hydroxylation sites is 1. The second-order valence-electron chi connectivity index (χ2n) is 17.0. The SMILES string of the molecule is c1ccc(-c2ccc(N(c3ccc(-c4cc(-c5ccccc5)cc(-c5ccccc5)c4)cc3)c3cccc(-c4cccc5c4c4cc6ccccc6cc4n5-c4ccccc4)c3)cc2)cc1. The van der Waals surface area contributed by atoms with Crippen LogP contribution in [0.5, 0.6) is 0 Å². The van der Waals surface area contributed by atoms with Crippen molar-refractivity contribution in [3.63, 3.8) is 0 Å². The van der Waals surface area contributed by atoms with Crippen LogP contribution in [0, 0.1) is 0 Å². The van der Waals surface area contributed by atoms with Gasteiger partial charge in [-0.3, -0.25) is 0 Å². The Morgan fingerprint density at radius 1 is 0.258 bits per heavy atom. The van der Waals surface area contributed by atoms with Gasteiger partial charge in [-0.1, -0.05) is 182 Å². The molecule has 2 heteroatoms. The van der Waals surface area contributed by atoms with Gasteiger partial charge in [0.15, 0.2) is 0 Å². The van der Waals surface area contributed by atoms with E-state index in [0.29, 0.717) is 0 Å². The van der Waals surface area contributed by atoms with Gasteiger partial charge in [0, 0.05) is 33.5 Å². The predicted molar refractivity (Wildman–Crippen MR) is 280 cm³/mol. The molecule has 0 spiro atoms. The van der Waals surface area contributed by atoms with Crippen molar-refractivity contribution in [2.45, 2.75) is 0 Å². The van der Waals surface area contributed by atoms with Gasteiger partial charge in [0.25, 0.3) is 0 Å². The number of anilines is 3. The summed E-state index contributed by atoms with van der Waals surface area (Å²) in [6, 6.07) is 96.9. The van der Waals surface area contributed by atoms with E-state index in [-0.39, 0.29) is 0 Å². The molecule has 0 saturated carbocycles. The zero-order valence-electron chi connectivity index (χ0n) is 36.3. The molecule has 1 heterocycles. The molecule has 0 bridgehead atoms. The van der Waals surface area contributed by atoms with Crippen LogP contribution in [-0.4, -0.2) is 4.57 Å². The van der Waals surface area contributed by atoms with Gasteiger partial charge >= 0.3 is 0 Å². The molecule has 66 heavy (non-hydrogen) atoms. The van der Waals surface area contributed by atoms with Crippen LogP contribution in [0.2, 0.25) is 0 Å². The zero-order valence-corrected chi connectivity index (χ0v) is 36.3. The lowest BCUT2D eigenvalue weighted by atomic mass is 9.93. The van der Waals surface area contributed by atoms with Crippen molar-refractivity contribution in [3.8, 4) is 61.3 Å². The normalized spacial score (nSPS) is 11.3. The summed E-state index contributed by atoms with van der Waals surface area (Å²) < 4.78 is 2.42. The highest BCUT2D eigenvalue weighted by atomic mass is 15.1. The van der Waals surface area contributed by atoms with Gasteiger partial charge in [-0.2, -0.15) is 0 Å². The highest BCUT2D eigenvalue weighted by Crippen LogP contribution is 2.43. The Labute approximate surface area is 385 Å². The minimum Gasteiger partial charge on any atom is -0.310 e. The molecule has 0 amide bonds. The van der Waals surface area contributed by atoms with Crippen LogP contribution < -0.4 is 4.90 Å². The number of hydrogen-bond acceptors (Lipinski definition) is 1. The van der Waals surface area contributed by atoms with E-state index in [1.165, 1.54) is 77.1 Å². The molecule has 0 radical (unpaired) electrons. The second kappa shape index (κ2) is 16.8. The van der Waals surface area contributed by atoms with E-state index in [2.05, 4.69) is 276 Å². The van der Waals surface area contributed by atoms with E-state index in [1.807, 2.05) is 0 Å². The molecule has 310 valence electrons. The summed E-state index contributed by atoms with van der Waals surface area (Å²) in [6.07, 6.45) is 0. The first-order valence-electron chi connectivity index (χ1n) is 22.7. The van der Waals surface area contributed by atoms with E-state index in [0.717, 1.165) is 33.9 Å². The summed E-state index contributed by atoms with van der Waals surface area (Å²) in [5.74, 6) is 0. The third kappa shape index (κ3) is 7.21. The summed E-state index contributed by atoms with van der Waals surface area (Å²) in [7, 11) is 0. The summed E-state index contributed by atoms with van der Waals surface area (Å²) in [5.41, 5.74) is 18.7. The van der Waals surface area contributed by atoms with Crippen molar-refractivity contribution in [2.75, 3.05) is 4.90 Å². The third-order valence-electron chi connectivity index (χ3n) is 12.9. The number of aromatic nitrogens is 1. The molecule has 0 unspecified atom stereocenters. The number of hydrogen-bond donors (Lipinski definition) is 0. The Morgan fingerprint density at radius 3 is 1.26 bits per heavy atom. The average Bonchev–Trinajstić information content (AvgIpc) is 3.72. The molecule has 0 aliphatic heterocycles. The summed E-state index contributed by atoms with van der Waals surface area (Å²) in [4.78, 5) is 2.39. The van der Waals surface area contributed by atoms with E-state index < -0.39 is 0 Å². The maximum atomic E-state index is 2.42. The smallest absolute Gasteiger partial charge is 0.0547 e. The van der Waals surface area contributed by atoms with E-state index in [1.54, 1.807) is 0 Å². The summed E-state index contributed by atoms with van der Waals surface area (Å²) >= 11 is 0. The van der Waals surface area contributed by atoms with Crippen molar-refractivity contribution < 1.29 is 0 Å². The van der Waals surface area contributed by atoms with Crippen LogP contribution in [0.3, 0.4) is 0 Å². The lowest BCUT2D eigenvalue weighted by molar-refractivity contribution is 1.18. The quantitative estimate of drug-likeness (QED) is 0.141. The van der Waals surface area contributed by atoms with Crippen LogP contribution in [0.1, 0.15) is 0 Å². The van der Waals surface area contributed by atoms with E-state index in [4.69, 9.17) is 0 Å². The predicted octanol–water partition coefficient (Wildman–Crippen LogP) is 17.7. The van der Waals surface area contributed by atoms with E-state index in [9.17, 15) is 0 Å². The Morgan fingerprint density at radius 2 is 0.697 bits per heavy atom. The zero-order chi connectivity index (χ0) is 43.8. The molecule has 12 aromatic rings. The third-order valence-corrected chi connectivity index (χ3v) is 12.9. The molecule has 1 aromatic heterocycles. The minimum atomic E-state index is 1.08. The van der Waals surface area contributed by atoms with Gasteiger partial charge in [-0.15, -0.1) is 0 Å². The van der Waals surface area contributed by atoms with Gasteiger partial charge in [-0.25, -0.2) is 0 Å². The maximum Gasteiger partial charge on any atom is 0.0547 e. The minimum absolute atomic E-state index is 1.08. The lowest BCUT2D eigenvalue weighted by Crippen LogP contribution is -2.10. The first kappa shape index (κ1) is 38.9. The Hall–Kier alpha value is -8.72. The van der Waals surface area contributed by atoms with Crippen molar-refractivity contribution in [2.24, 2.45) is 0 Å².